The van der Waals surface area contributed by atoms with Gasteiger partial charge in [0.25, 0.3) is 0 Å². The van der Waals surface area contributed by atoms with Gasteiger partial charge in [-0.1, -0.05) is 24.4 Å². The number of aryl methyl sites for hydroxylation is 1. The second-order valence-electron chi connectivity index (χ2n) is 9.19. The van der Waals surface area contributed by atoms with E-state index < -0.39 is 0 Å². The number of thioether (sulfide) groups is 1. The van der Waals surface area contributed by atoms with Crippen molar-refractivity contribution >= 4 is 45.3 Å². The summed E-state index contributed by atoms with van der Waals surface area (Å²) in [6.45, 7) is 10.2. The molecule has 12 heteroatoms. The summed E-state index contributed by atoms with van der Waals surface area (Å²) in [6.07, 6.45) is 4.99. The number of aromatic nitrogens is 6. The number of nitrogens with zero attached hydrogens (tertiary/aromatic N) is 8. The first-order valence-electron chi connectivity index (χ1n) is 12.0. The monoisotopic (exact) mass is 497 g/mol. The van der Waals surface area contributed by atoms with Gasteiger partial charge in [-0.2, -0.15) is 9.50 Å². The molecular formula is C23H31N9O2S. The van der Waals surface area contributed by atoms with Gasteiger partial charge in [0.15, 0.2) is 17.1 Å². The highest BCUT2D eigenvalue weighted by Crippen LogP contribution is 2.33. The summed E-state index contributed by atoms with van der Waals surface area (Å²) in [4.78, 5) is 39.6. The van der Waals surface area contributed by atoms with E-state index in [-0.39, 0.29) is 17.5 Å². The maximum atomic E-state index is 13.1. The number of nitrogens with two attached hydrogens (primary N) is 1. The summed E-state index contributed by atoms with van der Waals surface area (Å²) < 4.78 is 4.65. The van der Waals surface area contributed by atoms with Gasteiger partial charge in [-0.15, -0.1) is 5.10 Å². The first kappa shape index (κ1) is 23.6. The SMILES string of the molecule is C=C(SC=CC)c1nc2c3c(nc(N)n2n1)n(CCN1CCN(C(=O)CC2CC2)CC1)c(=O)n3C. The van der Waals surface area contributed by atoms with Crippen molar-refractivity contribution in [3.8, 4) is 0 Å². The lowest BCUT2D eigenvalue weighted by Crippen LogP contribution is -2.49. The molecule has 186 valence electrons. The minimum atomic E-state index is -0.176. The molecule has 1 amide bonds. The summed E-state index contributed by atoms with van der Waals surface area (Å²) in [7, 11) is 1.71. The fourth-order valence-corrected chi connectivity index (χ4v) is 4.96. The number of rotatable bonds is 8. The number of carbonyl (C=O) groups is 1. The van der Waals surface area contributed by atoms with E-state index in [2.05, 4.69) is 26.5 Å². The molecular weight excluding hydrogens is 466 g/mol. The molecule has 0 bridgehead atoms. The Morgan fingerprint density at radius 3 is 2.60 bits per heavy atom. The Morgan fingerprint density at radius 1 is 1.17 bits per heavy atom. The summed E-state index contributed by atoms with van der Waals surface area (Å²) in [5.74, 6) is 1.50. The van der Waals surface area contributed by atoms with Gasteiger partial charge in [0.2, 0.25) is 11.9 Å². The zero-order chi connectivity index (χ0) is 24.7. The summed E-state index contributed by atoms with van der Waals surface area (Å²) >= 11 is 1.42. The number of imidazole rings is 1. The van der Waals surface area contributed by atoms with Crippen molar-refractivity contribution in [3.05, 3.63) is 34.4 Å². The number of allylic oxidation sites excluding steroid dienone is 1. The molecule has 5 rings (SSSR count). The Hall–Kier alpha value is -3.12. The van der Waals surface area contributed by atoms with Crippen LogP contribution in [0.3, 0.4) is 0 Å². The fraction of sp³-hybridized carbons (Fsp3) is 0.522. The molecule has 1 saturated heterocycles. The molecule has 0 atom stereocenters. The molecule has 0 spiro atoms. The maximum absolute atomic E-state index is 13.1. The van der Waals surface area contributed by atoms with Crippen molar-refractivity contribution in [2.45, 2.75) is 32.7 Å². The minimum absolute atomic E-state index is 0.164. The Kier molecular flexibility index (Phi) is 6.41. The number of carbonyl (C=O) groups excluding carboxylic acids is 1. The standard InChI is InChI=1S/C23H31N9O2S/c1-4-13-35-15(2)19-25-21-18-20(26-22(24)32(21)27-19)31(23(34)28(18)3)12-9-29-7-10-30(11-8-29)17(33)14-16-5-6-16/h4,13,16H,2,5-12,14H2,1,3H3,(H2,24,26). The van der Waals surface area contributed by atoms with Crippen LogP contribution in [0, 0.1) is 5.92 Å². The molecule has 0 radical (unpaired) electrons. The topological polar surface area (TPSA) is 120 Å². The van der Waals surface area contributed by atoms with Crippen LogP contribution in [0.1, 0.15) is 32.0 Å². The summed E-state index contributed by atoms with van der Waals surface area (Å²) in [6, 6.07) is 0. The molecule has 2 N–H and O–H groups in total. The molecule has 1 saturated carbocycles. The second-order valence-corrected chi connectivity index (χ2v) is 10.2. The van der Waals surface area contributed by atoms with Gasteiger partial charge in [0.1, 0.15) is 5.52 Å². The van der Waals surface area contributed by atoms with Crippen molar-refractivity contribution in [3.63, 3.8) is 0 Å². The number of hydrogen-bond acceptors (Lipinski definition) is 8. The number of fused-ring (bicyclic) bond motifs is 3. The normalized spacial score (nSPS) is 17.3. The largest absolute Gasteiger partial charge is 0.368 e. The number of anilines is 1. The van der Waals surface area contributed by atoms with E-state index >= 15 is 0 Å². The third-order valence-electron chi connectivity index (χ3n) is 6.70. The Labute approximate surface area is 207 Å². The third-order valence-corrected chi connectivity index (χ3v) is 7.57. The molecule has 0 unspecified atom stereocenters. The van der Waals surface area contributed by atoms with Crippen molar-refractivity contribution in [1.29, 1.82) is 0 Å². The average Bonchev–Trinajstić information content (AvgIpc) is 3.49. The number of nitrogen functional groups attached to an aromatic ring is 1. The van der Waals surface area contributed by atoms with Crippen LogP contribution in [0.25, 0.3) is 21.7 Å². The molecule has 3 aromatic rings. The number of piperazine rings is 1. The Morgan fingerprint density at radius 2 is 1.91 bits per heavy atom. The van der Waals surface area contributed by atoms with E-state index in [1.807, 2.05) is 23.3 Å². The molecule has 4 heterocycles. The molecule has 1 aliphatic heterocycles. The van der Waals surface area contributed by atoms with Crippen LogP contribution in [-0.2, 0) is 18.4 Å². The van der Waals surface area contributed by atoms with Gasteiger partial charge in [0.05, 0.1) is 4.91 Å². The van der Waals surface area contributed by atoms with E-state index in [0.29, 0.717) is 53.0 Å². The fourth-order valence-electron chi connectivity index (χ4n) is 4.47. The van der Waals surface area contributed by atoms with Crippen molar-refractivity contribution < 1.29 is 4.79 Å². The van der Waals surface area contributed by atoms with Crippen LogP contribution in [0.5, 0.6) is 0 Å². The maximum Gasteiger partial charge on any atom is 0.330 e. The first-order chi connectivity index (χ1) is 16.9. The minimum Gasteiger partial charge on any atom is -0.368 e. The van der Waals surface area contributed by atoms with Gasteiger partial charge >= 0.3 is 5.69 Å². The average molecular weight is 498 g/mol. The zero-order valence-electron chi connectivity index (χ0n) is 20.2. The Bertz CT molecular complexity index is 1370. The molecule has 2 fully saturated rings. The zero-order valence-corrected chi connectivity index (χ0v) is 21.0. The smallest absolute Gasteiger partial charge is 0.330 e. The summed E-state index contributed by atoms with van der Waals surface area (Å²) in [5, 5.41) is 6.36. The highest BCUT2D eigenvalue weighted by molar-refractivity contribution is 8.10. The van der Waals surface area contributed by atoms with Crippen LogP contribution in [0.4, 0.5) is 5.95 Å². The molecule has 11 nitrogen and oxygen atoms in total. The van der Waals surface area contributed by atoms with Crippen LogP contribution in [-0.4, -0.2) is 77.1 Å². The lowest BCUT2D eigenvalue weighted by atomic mass is 10.2. The molecule has 35 heavy (non-hydrogen) atoms. The van der Waals surface area contributed by atoms with E-state index in [1.165, 1.54) is 29.1 Å². The van der Waals surface area contributed by atoms with Crippen LogP contribution < -0.4 is 11.4 Å². The molecule has 0 aromatic carbocycles. The van der Waals surface area contributed by atoms with E-state index in [0.717, 1.165) is 26.2 Å². The predicted octanol–water partition coefficient (Wildman–Crippen LogP) is 1.54. The van der Waals surface area contributed by atoms with E-state index in [1.54, 1.807) is 16.2 Å². The molecule has 2 aliphatic rings. The van der Waals surface area contributed by atoms with E-state index in [9.17, 15) is 9.59 Å². The van der Waals surface area contributed by atoms with Crippen molar-refractivity contribution in [2.24, 2.45) is 13.0 Å². The van der Waals surface area contributed by atoms with Crippen LogP contribution in [0.15, 0.2) is 22.9 Å². The molecule has 1 aliphatic carbocycles. The van der Waals surface area contributed by atoms with Gasteiger partial charge in [0, 0.05) is 52.7 Å². The van der Waals surface area contributed by atoms with Gasteiger partial charge < -0.3 is 10.6 Å². The highest BCUT2D eigenvalue weighted by Gasteiger charge is 2.29. The number of amides is 1. The van der Waals surface area contributed by atoms with Crippen LogP contribution >= 0.6 is 11.8 Å². The summed E-state index contributed by atoms with van der Waals surface area (Å²) in [5.41, 5.74) is 7.59. The second kappa shape index (κ2) is 9.50. The lowest BCUT2D eigenvalue weighted by Gasteiger charge is -2.34. The number of hydrogen-bond donors (Lipinski definition) is 1. The quantitative estimate of drug-likeness (QED) is 0.498. The van der Waals surface area contributed by atoms with Gasteiger partial charge in [-0.3, -0.25) is 18.8 Å². The Balaban J connectivity index is 1.34. The van der Waals surface area contributed by atoms with Gasteiger partial charge in [-0.05, 0) is 31.1 Å². The van der Waals surface area contributed by atoms with Crippen molar-refractivity contribution in [2.75, 3.05) is 38.5 Å². The van der Waals surface area contributed by atoms with Crippen LogP contribution in [0.2, 0.25) is 0 Å². The first-order valence-corrected chi connectivity index (χ1v) is 12.8. The van der Waals surface area contributed by atoms with Crippen molar-refractivity contribution in [1.82, 2.24) is 38.5 Å². The lowest BCUT2D eigenvalue weighted by molar-refractivity contribution is -0.133. The third kappa shape index (κ3) is 4.59. The van der Waals surface area contributed by atoms with Gasteiger partial charge in [-0.25, -0.2) is 9.78 Å². The highest BCUT2D eigenvalue weighted by atomic mass is 32.2. The predicted molar refractivity (Wildman–Crippen MR) is 138 cm³/mol. The molecule has 3 aromatic heterocycles. The van der Waals surface area contributed by atoms with E-state index in [4.69, 9.17) is 5.73 Å².